The van der Waals surface area contributed by atoms with Crippen molar-refractivity contribution >= 4 is 17.4 Å². The third kappa shape index (κ3) is 12.1. The molecule has 3 N–H and O–H groups in total. The molecular weight excluding hydrogens is 774 g/mol. The van der Waals surface area contributed by atoms with E-state index in [9.17, 15) is 18.0 Å². The highest BCUT2D eigenvalue weighted by Crippen LogP contribution is 2.36. The molecule has 1 fully saturated rings. The summed E-state index contributed by atoms with van der Waals surface area (Å²) in [6.07, 6.45) is -0.385. The van der Waals surface area contributed by atoms with Crippen LogP contribution in [0, 0.1) is 12.7 Å². The minimum Gasteiger partial charge on any atom is -0.497 e. The van der Waals surface area contributed by atoms with Crippen LogP contribution in [0.25, 0.3) is 11.4 Å². The van der Waals surface area contributed by atoms with E-state index < -0.39 is 29.3 Å². The third-order valence-corrected chi connectivity index (χ3v) is 9.49. The van der Waals surface area contributed by atoms with Gasteiger partial charge in [-0.05, 0) is 48.4 Å². The molecule has 6 rings (SSSR count). The molecule has 59 heavy (non-hydrogen) atoms. The lowest BCUT2D eigenvalue weighted by atomic mass is 10.0. The smallest absolute Gasteiger partial charge is 0.416 e. The zero-order chi connectivity index (χ0) is 41.8. The van der Waals surface area contributed by atoms with Gasteiger partial charge in [0.05, 0.1) is 62.0 Å². The number of rotatable bonds is 17. The van der Waals surface area contributed by atoms with Gasteiger partial charge in [0.2, 0.25) is 0 Å². The van der Waals surface area contributed by atoms with Crippen molar-refractivity contribution in [2.75, 3.05) is 70.3 Å². The van der Waals surface area contributed by atoms with E-state index in [-0.39, 0.29) is 36.8 Å². The maximum atomic E-state index is 15.2. The lowest BCUT2D eigenvalue weighted by Gasteiger charge is -2.34. The first kappa shape index (κ1) is 42.7. The number of nitrogens with one attached hydrogen (secondary N) is 2. The SMILES string of the molecule is COc1ccc(COc2cncc(-c3ncc(NC(=O)Nc4cc(C(F)(F)F)c(CN5CCN(CCO)CC5)cc4F)c(C)n3)c2)c(OCCOCc2ccccc2)c1. The van der Waals surface area contributed by atoms with Crippen LogP contribution in [0.2, 0.25) is 0 Å². The lowest BCUT2D eigenvalue weighted by Crippen LogP contribution is -2.46. The number of anilines is 2. The Labute approximate surface area is 338 Å². The van der Waals surface area contributed by atoms with Gasteiger partial charge >= 0.3 is 12.2 Å². The molecule has 1 saturated heterocycles. The summed E-state index contributed by atoms with van der Waals surface area (Å²) in [5.74, 6) is 0.866. The fraction of sp³-hybridized carbons (Fsp3) is 0.333. The predicted octanol–water partition coefficient (Wildman–Crippen LogP) is 6.94. The molecule has 0 saturated carbocycles. The molecule has 0 radical (unpaired) electrons. The number of amides is 2. The molecule has 5 aromatic rings. The Morgan fingerprint density at radius 2 is 1.61 bits per heavy atom. The molecule has 3 heterocycles. The predicted molar refractivity (Wildman–Crippen MR) is 212 cm³/mol. The van der Waals surface area contributed by atoms with Gasteiger partial charge in [-0.25, -0.2) is 19.2 Å². The molecule has 0 atom stereocenters. The van der Waals surface area contributed by atoms with Gasteiger partial charge in [0.1, 0.15) is 36.3 Å². The normalized spacial score (nSPS) is 13.5. The average molecular weight is 820 g/mol. The van der Waals surface area contributed by atoms with Gasteiger partial charge in [0, 0.05) is 62.7 Å². The van der Waals surface area contributed by atoms with Crippen LogP contribution in [0.1, 0.15) is 27.9 Å². The number of halogens is 4. The fourth-order valence-electron chi connectivity index (χ4n) is 6.33. The minimum absolute atomic E-state index is 0.00872. The summed E-state index contributed by atoms with van der Waals surface area (Å²) in [5.41, 5.74) is 0.895. The summed E-state index contributed by atoms with van der Waals surface area (Å²) in [7, 11) is 1.57. The molecule has 0 bridgehead atoms. The molecule has 0 aliphatic carbocycles. The number of aliphatic hydroxyl groups is 1. The van der Waals surface area contributed by atoms with E-state index in [2.05, 4.69) is 25.6 Å². The van der Waals surface area contributed by atoms with Gasteiger partial charge < -0.3 is 34.7 Å². The molecule has 0 spiro atoms. The zero-order valence-electron chi connectivity index (χ0n) is 32.6. The molecule has 3 aromatic carbocycles. The van der Waals surface area contributed by atoms with E-state index in [4.69, 9.17) is 24.1 Å². The molecule has 0 unspecified atom stereocenters. The van der Waals surface area contributed by atoms with E-state index in [1.165, 1.54) is 12.4 Å². The van der Waals surface area contributed by atoms with Crippen LogP contribution in [-0.4, -0.2) is 95.5 Å². The van der Waals surface area contributed by atoms with E-state index in [1.807, 2.05) is 41.3 Å². The number of ether oxygens (including phenoxy) is 4. The number of methoxy groups -OCH3 is 1. The molecular formula is C42H45F4N7O6. The number of nitrogens with zero attached hydrogens (tertiary/aromatic N) is 5. The third-order valence-electron chi connectivity index (χ3n) is 9.49. The van der Waals surface area contributed by atoms with Crippen LogP contribution in [0.3, 0.4) is 0 Å². The minimum atomic E-state index is -4.79. The van der Waals surface area contributed by atoms with Crippen molar-refractivity contribution in [2.24, 2.45) is 0 Å². The highest BCUT2D eigenvalue weighted by molar-refractivity contribution is 6.00. The number of aromatic nitrogens is 3. The Morgan fingerprint density at radius 3 is 2.34 bits per heavy atom. The molecule has 1 aliphatic heterocycles. The number of carbonyl (C=O) groups excluding carboxylic acids is 1. The maximum absolute atomic E-state index is 15.2. The summed E-state index contributed by atoms with van der Waals surface area (Å²) in [6.45, 7) is 5.32. The van der Waals surface area contributed by atoms with Crippen LogP contribution in [0.15, 0.2) is 85.3 Å². The highest BCUT2D eigenvalue weighted by Gasteiger charge is 2.35. The van der Waals surface area contributed by atoms with Crippen LogP contribution < -0.4 is 24.8 Å². The number of piperazine rings is 1. The largest absolute Gasteiger partial charge is 0.497 e. The fourth-order valence-corrected chi connectivity index (χ4v) is 6.33. The number of carbonyl (C=O) groups is 1. The quantitative estimate of drug-likeness (QED) is 0.0663. The molecule has 13 nitrogen and oxygen atoms in total. The Balaban J connectivity index is 1.05. The first-order chi connectivity index (χ1) is 28.5. The summed E-state index contributed by atoms with van der Waals surface area (Å²) in [6, 6.07) is 17.4. The molecule has 2 aromatic heterocycles. The second kappa shape index (κ2) is 20.2. The van der Waals surface area contributed by atoms with Gasteiger partial charge in [0.25, 0.3) is 0 Å². The molecule has 312 valence electrons. The lowest BCUT2D eigenvalue weighted by molar-refractivity contribution is -0.138. The second-order valence-electron chi connectivity index (χ2n) is 13.7. The number of aryl methyl sites for hydroxylation is 1. The highest BCUT2D eigenvalue weighted by atomic mass is 19.4. The maximum Gasteiger partial charge on any atom is 0.416 e. The zero-order valence-corrected chi connectivity index (χ0v) is 32.6. The number of β-amino-alcohol motifs (C(OH)–C–C–N with tert-alkyl or cyclic N) is 1. The first-order valence-corrected chi connectivity index (χ1v) is 18.9. The number of urea groups is 1. The standard InChI is InChI=1S/C42H45F4N7O6/c1-28-38(51-41(55)50-37-21-35(42(44,45)46)32(19-36(37)43)25-53-12-10-52(11-13-53)14-15-54)24-48-40(49-28)31-18-34(23-47-22-31)59-27-30-8-9-33(56-2)20-39(30)58-17-16-57-26-29-6-4-3-5-7-29/h3-9,18-24,54H,10-17,25-27H2,1-2H3,(H2,50,51,55). The van der Waals surface area contributed by atoms with Gasteiger partial charge in [-0.15, -0.1) is 0 Å². The monoisotopic (exact) mass is 819 g/mol. The van der Waals surface area contributed by atoms with Gasteiger partial charge in [0.15, 0.2) is 5.82 Å². The van der Waals surface area contributed by atoms with Crippen LogP contribution >= 0.6 is 0 Å². The Bertz CT molecular complexity index is 2170. The van der Waals surface area contributed by atoms with Crippen molar-refractivity contribution in [3.05, 3.63) is 119 Å². The molecule has 2 amide bonds. The van der Waals surface area contributed by atoms with Gasteiger partial charge in [-0.1, -0.05) is 30.3 Å². The van der Waals surface area contributed by atoms with Crippen molar-refractivity contribution in [3.8, 4) is 28.6 Å². The number of benzene rings is 3. The van der Waals surface area contributed by atoms with Crippen molar-refractivity contribution in [2.45, 2.75) is 32.9 Å². The van der Waals surface area contributed by atoms with Crippen molar-refractivity contribution in [1.29, 1.82) is 0 Å². The average Bonchev–Trinajstić information content (AvgIpc) is 3.22. The van der Waals surface area contributed by atoms with Gasteiger partial charge in [-0.2, -0.15) is 13.2 Å². The molecule has 1 aliphatic rings. The number of alkyl halides is 3. The second-order valence-corrected chi connectivity index (χ2v) is 13.7. The van der Waals surface area contributed by atoms with Crippen LogP contribution in [0.5, 0.6) is 17.2 Å². The van der Waals surface area contributed by atoms with Crippen LogP contribution in [0.4, 0.5) is 33.7 Å². The Hall–Kier alpha value is -5.88. The van der Waals surface area contributed by atoms with E-state index in [0.29, 0.717) is 87.1 Å². The van der Waals surface area contributed by atoms with E-state index >= 15 is 4.39 Å². The van der Waals surface area contributed by atoms with E-state index in [1.54, 1.807) is 43.3 Å². The number of hydrogen-bond acceptors (Lipinski definition) is 11. The van der Waals surface area contributed by atoms with E-state index in [0.717, 1.165) is 17.2 Å². The first-order valence-electron chi connectivity index (χ1n) is 18.9. The van der Waals surface area contributed by atoms with Crippen molar-refractivity contribution in [3.63, 3.8) is 0 Å². The summed E-state index contributed by atoms with van der Waals surface area (Å²) in [4.78, 5) is 29.8. The number of hydrogen-bond donors (Lipinski definition) is 3. The number of pyridine rings is 1. The Morgan fingerprint density at radius 1 is 0.847 bits per heavy atom. The summed E-state index contributed by atoms with van der Waals surface area (Å²) >= 11 is 0. The van der Waals surface area contributed by atoms with Crippen LogP contribution in [-0.2, 0) is 30.7 Å². The molecule has 17 heteroatoms. The summed E-state index contributed by atoms with van der Waals surface area (Å²) < 4.78 is 80.8. The Kier molecular flexibility index (Phi) is 14.6. The topological polar surface area (TPSA) is 143 Å². The summed E-state index contributed by atoms with van der Waals surface area (Å²) in [5, 5.41) is 13.8. The number of aliphatic hydroxyl groups excluding tert-OH is 1. The van der Waals surface area contributed by atoms with Crippen molar-refractivity contribution in [1.82, 2.24) is 24.8 Å². The van der Waals surface area contributed by atoms with Crippen molar-refractivity contribution < 1.29 is 46.4 Å². The van der Waals surface area contributed by atoms with Gasteiger partial charge in [-0.3, -0.25) is 14.8 Å².